The molecule has 0 radical (unpaired) electrons. The van der Waals surface area contributed by atoms with Gasteiger partial charge in [0.2, 0.25) is 5.28 Å². The maximum absolute atomic E-state index is 5.89. The minimum atomic E-state index is 0.248. The van der Waals surface area contributed by atoms with E-state index in [4.69, 9.17) is 11.6 Å². The van der Waals surface area contributed by atoms with Crippen LogP contribution >= 0.6 is 11.6 Å². The van der Waals surface area contributed by atoms with Crippen molar-refractivity contribution in [1.29, 1.82) is 0 Å². The van der Waals surface area contributed by atoms with Crippen molar-refractivity contribution < 1.29 is 0 Å². The number of halogens is 1. The van der Waals surface area contributed by atoms with Gasteiger partial charge in [-0.05, 0) is 23.2 Å². The third-order valence-electron chi connectivity index (χ3n) is 2.68. The summed E-state index contributed by atoms with van der Waals surface area (Å²) in [4.78, 5) is 11.4. The second-order valence-corrected chi connectivity index (χ2v) is 4.26. The standard InChI is InChI=1S/C13H11ClN4/c14-13-17-10-6-7-15-11(10)12(18-13)16-8-9-4-2-1-3-5-9/h1-7,15H,8H2,(H,16,17,18). The van der Waals surface area contributed by atoms with Gasteiger partial charge in [-0.1, -0.05) is 30.3 Å². The van der Waals surface area contributed by atoms with Crippen LogP contribution in [0.5, 0.6) is 0 Å². The second kappa shape index (κ2) is 4.66. The summed E-state index contributed by atoms with van der Waals surface area (Å²) in [6, 6.07) is 12.0. The highest BCUT2D eigenvalue weighted by molar-refractivity contribution is 6.28. The Bertz CT molecular complexity index is 663. The van der Waals surface area contributed by atoms with Crippen LogP contribution in [-0.2, 0) is 6.54 Å². The lowest BCUT2D eigenvalue weighted by Gasteiger charge is -2.06. The molecule has 0 unspecified atom stereocenters. The molecule has 2 aromatic heterocycles. The molecule has 0 aliphatic heterocycles. The highest BCUT2D eigenvalue weighted by atomic mass is 35.5. The van der Waals surface area contributed by atoms with Gasteiger partial charge in [0.05, 0.1) is 5.52 Å². The molecule has 4 nitrogen and oxygen atoms in total. The fraction of sp³-hybridized carbons (Fsp3) is 0.0769. The molecule has 2 N–H and O–H groups in total. The van der Waals surface area contributed by atoms with E-state index in [1.165, 1.54) is 5.56 Å². The Morgan fingerprint density at radius 3 is 2.78 bits per heavy atom. The third-order valence-corrected chi connectivity index (χ3v) is 2.85. The van der Waals surface area contributed by atoms with Gasteiger partial charge in [0.15, 0.2) is 5.82 Å². The Balaban J connectivity index is 1.88. The zero-order chi connectivity index (χ0) is 12.4. The first-order valence-electron chi connectivity index (χ1n) is 5.61. The number of H-pyrrole nitrogens is 1. The number of nitrogens with one attached hydrogen (secondary N) is 2. The molecule has 1 aromatic carbocycles. The summed E-state index contributed by atoms with van der Waals surface area (Å²) in [5, 5.41) is 3.51. The number of hydrogen-bond acceptors (Lipinski definition) is 3. The third kappa shape index (κ3) is 2.15. The van der Waals surface area contributed by atoms with E-state index < -0.39 is 0 Å². The van der Waals surface area contributed by atoms with E-state index in [0.717, 1.165) is 16.9 Å². The van der Waals surface area contributed by atoms with Crippen molar-refractivity contribution in [3.63, 3.8) is 0 Å². The molecule has 0 aliphatic rings. The normalized spacial score (nSPS) is 10.7. The number of rotatable bonds is 3. The number of fused-ring (bicyclic) bond motifs is 1. The number of aromatic amines is 1. The van der Waals surface area contributed by atoms with E-state index >= 15 is 0 Å². The number of anilines is 1. The van der Waals surface area contributed by atoms with Crippen LogP contribution in [0.4, 0.5) is 5.82 Å². The lowest BCUT2D eigenvalue weighted by atomic mass is 10.2. The van der Waals surface area contributed by atoms with Gasteiger partial charge in [-0.2, -0.15) is 4.98 Å². The van der Waals surface area contributed by atoms with Crippen molar-refractivity contribution in [2.45, 2.75) is 6.54 Å². The van der Waals surface area contributed by atoms with Crippen LogP contribution in [0, 0.1) is 0 Å². The van der Waals surface area contributed by atoms with Gasteiger partial charge in [0.1, 0.15) is 5.52 Å². The Morgan fingerprint density at radius 1 is 1.11 bits per heavy atom. The molecule has 0 amide bonds. The maximum Gasteiger partial charge on any atom is 0.225 e. The summed E-state index contributed by atoms with van der Waals surface area (Å²) >= 11 is 5.89. The summed E-state index contributed by atoms with van der Waals surface area (Å²) in [7, 11) is 0. The molecule has 3 aromatic rings. The molecule has 0 fully saturated rings. The minimum Gasteiger partial charge on any atom is -0.364 e. The van der Waals surface area contributed by atoms with Gasteiger partial charge in [0.25, 0.3) is 0 Å². The van der Waals surface area contributed by atoms with Gasteiger partial charge >= 0.3 is 0 Å². The van der Waals surface area contributed by atoms with Crippen LogP contribution in [0.1, 0.15) is 5.56 Å². The highest BCUT2D eigenvalue weighted by Crippen LogP contribution is 2.20. The van der Waals surface area contributed by atoms with E-state index in [-0.39, 0.29) is 5.28 Å². The SMILES string of the molecule is Clc1nc(NCc2ccccc2)c2[nH]ccc2n1. The molecule has 90 valence electrons. The first kappa shape index (κ1) is 11.0. The van der Waals surface area contributed by atoms with Crippen LogP contribution in [0.15, 0.2) is 42.6 Å². The average Bonchev–Trinajstić information content (AvgIpc) is 2.85. The quantitative estimate of drug-likeness (QED) is 0.709. The minimum absolute atomic E-state index is 0.248. The fourth-order valence-electron chi connectivity index (χ4n) is 1.83. The zero-order valence-corrected chi connectivity index (χ0v) is 10.3. The second-order valence-electron chi connectivity index (χ2n) is 3.92. The molecule has 0 bridgehead atoms. The van der Waals surface area contributed by atoms with E-state index in [0.29, 0.717) is 6.54 Å². The first-order chi connectivity index (χ1) is 8.83. The molecule has 5 heteroatoms. The van der Waals surface area contributed by atoms with Crippen molar-refractivity contribution in [2.24, 2.45) is 0 Å². The first-order valence-corrected chi connectivity index (χ1v) is 5.99. The Morgan fingerprint density at radius 2 is 1.94 bits per heavy atom. The molecule has 2 heterocycles. The van der Waals surface area contributed by atoms with Crippen molar-refractivity contribution in [3.8, 4) is 0 Å². The van der Waals surface area contributed by atoms with Crippen molar-refractivity contribution in [2.75, 3.05) is 5.32 Å². The van der Waals surface area contributed by atoms with E-state index in [2.05, 4.69) is 32.4 Å². The number of nitrogens with zero attached hydrogens (tertiary/aromatic N) is 2. The van der Waals surface area contributed by atoms with Crippen molar-refractivity contribution in [1.82, 2.24) is 15.0 Å². The van der Waals surface area contributed by atoms with Gasteiger partial charge < -0.3 is 10.3 Å². The molecule has 18 heavy (non-hydrogen) atoms. The molecule has 0 aliphatic carbocycles. The van der Waals surface area contributed by atoms with Crippen LogP contribution in [0.2, 0.25) is 5.28 Å². The topological polar surface area (TPSA) is 53.6 Å². The van der Waals surface area contributed by atoms with Gasteiger partial charge in [-0.25, -0.2) is 4.98 Å². The van der Waals surface area contributed by atoms with Crippen LogP contribution in [-0.4, -0.2) is 15.0 Å². The molecule has 0 atom stereocenters. The molecule has 0 saturated carbocycles. The summed E-state index contributed by atoms with van der Waals surface area (Å²) in [5.74, 6) is 0.721. The number of aromatic nitrogens is 3. The van der Waals surface area contributed by atoms with E-state index in [1.807, 2.05) is 30.5 Å². The summed E-state index contributed by atoms with van der Waals surface area (Å²) in [6.07, 6.45) is 1.82. The average molecular weight is 259 g/mol. The number of benzene rings is 1. The van der Waals surface area contributed by atoms with E-state index in [1.54, 1.807) is 0 Å². The van der Waals surface area contributed by atoms with Crippen LogP contribution in [0.3, 0.4) is 0 Å². The monoisotopic (exact) mass is 258 g/mol. The lowest BCUT2D eigenvalue weighted by molar-refractivity contribution is 1.10. The highest BCUT2D eigenvalue weighted by Gasteiger charge is 2.06. The maximum atomic E-state index is 5.89. The Hall–Kier alpha value is -2.07. The fourth-order valence-corrected chi connectivity index (χ4v) is 2.00. The van der Waals surface area contributed by atoms with Crippen molar-refractivity contribution >= 4 is 28.5 Å². The largest absolute Gasteiger partial charge is 0.364 e. The van der Waals surface area contributed by atoms with E-state index in [9.17, 15) is 0 Å². The van der Waals surface area contributed by atoms with Gasteiger partial charge in [0, 0.05) is 12.7 Å². The summed E-state index contributed by atoms with van der Waals surface area (Å²) in [6.45, 7) is 0.697. The summed E-state index contributed by atoms with van der Waals surface area (Å²) < 4.78 is 0. The van der Waals surface area contributed by atoms with Gasteiger partial charge in [-0.15, -0.1) is 0 Å². The smallest absolute Gasteiger partial charge is 0.225 e. The molecular formula is C13H11ClN4. The Kier molecular flexibility index (Phi) is 2.86. The van der Waals surface area contributed by atoms with Gasteiger partial charge in [-0.3, -0.25) is 0 Å². The predicted molar refractivity (Wildman–Crippen MR) is 72.7 cm³/mol. The summed E-state index contributed by atoms with van der Waals surface area (Å²) in [5.41, 5.74) is 2.87. The lowest BCUT2D eigenvalue weighted by Crippen LogP contribution is -2.02. The molecule has 0 saturated heterocycles. The molecule has 3 rings (SSSR count). The van der Waals surface area contributed by atoms with Crippen molar-refractivity contribution in [3.05, 3.63) is 53.4 Å². The molecule has 0 spiro atoms. The van der Waals surface area contributed by atoms with Crippen LogP contribution < -0.4 is 5.32 Å². The van der Waals surface area contributed by atoms with Crippen LogP contribution in [0.25, 0.3) is 11.0 Å². The zero-order valence-electron chi connectivity index (χ0n) is 9.52. The predicted octanol–water partition coefficient (Wildman–Crippen LogP) is 3.22. The molecular weight excluding hydrogens is 248 g/mol. The Labute approximate surface area is 109 Å². The number of hydrogen-bond donors (Lipinski definition) is 2.